The molecule has 0 aliphatic heterocycles. The molecule has 0 aliphatic carbocycles. The van der Waals surface area contributed by atoms with E-state index in [-0.39, 0.29) is 0 Å². The highest BCUT2D eigenvalue weighted by molar-refractivity contribution is 6.24. The molecule has 0 N–H and O–H groups in total. The van der Waals surface area contributed by atoms with Gasteiger partial charge < -0.3 is 9.13 Å². The van der Waals surface area contributed by atoms with Gasteiger partial charge in [0, 0.05) is 56.1 Å². The molecule has 9 aromatic carbocycles. The van der Waals surface area contributed by atoms with Crippen molar-refractivity contribution in [2.45, 2.75) is 0 Å². The summed E-state index contributed by atoms with van der Waals surface area (Å²) in [5.74, 6) is 0. The molecule has 12 aromatic rings. The molecular weight excluding hydrogens is 681 g/mol. The Morgan fingerprint density at radius 3 is 1.02 bits per heavy atom. The van der Waals surface area contributed by atoms with E-state index in [1.807, 2.05) is 12.4 Å². The van der Waals surface area contributed by atoms with Gasteiger partial charge in [-0.2, -0.15) is 0 Å². The number of hydrogen-bond acceptors (Lipinski definition) is 2. The van der Waals surface area contributed by atoms with Crippen LogP contribution in [0.2, 0.25) is 0 Å². The Morgan fingerprint density at radius 2 is 0.625 bits per heavy atom. The molecule has 4 nitrogen and oxygen atoms in total. The summed E-state index contributed by atoms with van der Waals surface area (Å²) < 4.78 is 4.75. The van der Waals surface area contributed by atoms with Crippen LogP contribution in [-0.2, 0) is 0 Å². The second-order valence-corrected chi connectivity index (χ2v) is 14.6. The van der Waals surface area contributed by atoms with E-state index < -0.39 is 0 Å². The van der Waals surface area contributed by atoms with Crippen molar-refractivity contribution in [3.05, 3.63) is 194 Å². The average molecular weight is 713 g/mol. The van der Waals surface area contributed by atoms with E-state index in [1.54, 1.807) is 0 Å². The molecular formula is C52H32N4. The van der Waals surface area contributed by atoms with E-state index in [2.05, 4.69) is 191 Å². The van der Waals surface area contributed by atoms with E-state index in [0.29, 0.717) is 0 Å². The van der Waals surface area contributed by atoms with Crippen LogP contribution in [0, 0.1) is 0 Å². The Hall–Kier alpha value is -7.56. The van der Waals surface area contributed by atoms with Gasteiger partial charge in [0.15, 0.2) is 0 Å². The van der Waals surface area contributed by atoms with Gasteiger partial charge in [-0.3, -0.25) is 9.97 Å². The van der Waals surface area contributed by atoms with Gasteiger partial charge in [0.1, 0.15) is 0 Å². The predicted molar refractivity (Wildman–Crippen MR) is 234 cm³/mol. The highest BCUT2D eigenvalue weighted by Gasteiger charge is 2.16. The Kier molecular flexibility index (Phi) is 6.60. The van der Waals surface area contributed by atoms with Crippen molar-refractivity contribution >= 4 is 76.2 Å². The molecule has 12 rings (SSSR count). The molecule has 4 heteroatoms. The third kappa shape index (κ3) is 4.53. The fourth-order valence-corrected chi connectivity index (χ4v) is 9.09. The van der Waals surface area contributed by atoms with Crippen molar-refractivity contribution in [1.82, 2.24) is 19.1 Å². The highest BCUT2D eigenvalue weighted by atomic mass is 15.0. The first-order valence-corrected chi connectivity index (χ1v) is 19.1. The van der Waals surface area contributed by atoms with E-state index in [4.69, 9.17) is 9.97 Å². The molecule has 56 heavy (non-hydrogen) atoms. The molecule has 0 radical (unpaired) electrons. The summed E-state index contributed by atoms with van der Waals surface area (Å²) in [5.41, 5.74) is 13.5. The lowest BCUT2D eigenvalue weighted by Crippen LogP contribution is -1.95. The molecule has 0 fully saturated rings. The Balaban J connectivity index is 0.994. The molecule has 260 valence electrons. The monoisotopic (exact) mass is 712 g/mol. The summed E-state index contributed by atoms with van der Waals surface area (Å²) in [5, 5.41) is 9.57. The van der Waals surface area contributed by atoms with Crippen molar-refractivity contribution < 1.29 is 0 Å². The maximum atomic E-state index is 4.96. The first-order valence-electron chi connectivity index (χ1n) is 19.1. The molecule has 0 amide bonds. The van der Waals surface area contributed by atoms with Gasteiger partial charge in [0.05, 0.1) is 33.1 Å². The molecule has 0 atom stereocenters. The van der Waals surface area contributed by atoms with Gasteiger partial charge in [0.25, 0.3) is 0 Å². The zero-order valence-electron chi connectivity index (χ0n) is 30.3. The van der Waals surface area contributed by atoms with Crippen molar-refractivity contribution in [3.63, 3.8) is 0 Å². The zero-order chi connectivity index (χ0) is 36.7. The van der Waals surface area contributed by atoms with Gasteiger partial charge in [-0.1, -0.05) is 121 Å². The average Bonchev–Trinajstić information content (AvgIpc) is 3.79. The first-order chi connectivity index (χ1) is 27.8. The van der Waals surface area contributed by atoms with Crippen molar-refractivity contribution in [2.75, 3.05) is 0 Å². The van der Waals surface area contributed by atoms with Gasteiger partial charge in [-0.15, -0.1) is 0 Å². The van der Waals surface area contributed by atoms with E-state index in [1.165, 1.54) is 54.4 Å². The number of rotatable bonds is 4. The molecule has 3 aromatic heterocycles. The quantitative estimate of drug-likeness (QED) is 0.170. The van der Waals surface area contributed by atoms with Crippen LogP contribution in [0.5, 0.6) is 0 Å². The lowest BCUT2D eigenvalue weighted by atomic mass is 9.93. The van der Waals surface area contributed by atoms with Crippen LogP contribution >= 0.6 is 0 Å². The molecule has 0 bridgehead atoms. The summed E-state index contributed by atoms with van der Waals surface area (Å²) in [4.78, 5) is 9.92. The maximum absolute atomic E-state index is 4.96. The lowest BCUT2D eigenvalue weighted by Gasteiger charge is -2.14. The standard InChI is InChI=1S/C52H32N4/c1-5-19-47-41(15-1)42-16-2-6-20-48(42)55(47)37-13-9-11-33(29-37)35-23-25-39-40-26-24-36(32-46(40)52-51(45(39)31-35)53-27-28-54-52)34-12-10-14-38(30-34)56-49-21-7-3-17-43(49)44-18-4-8-22-50(44)56/h1-32H. The molecule has 3 heterocycles. The third-order valence-electron chi connectivity index (χ3n) is 11.6. The number of hydrogen-bond donors (Lipinski definition) is 0. The molecule has 0 saturated carbocycles. The van der Waals surface area contributed by atoms with Crippen LogP contribution < -0.4 is 0 Å². The van der Waals surface area contributed by atoms with E-state index in [0.717, 1.165) is 55.4 Å². The number of aromatic nitrogens is 4. The van der Waals surface area contributed by atoms with Gasteiger partial charge in [-0.05, 0) is 93.7 Å². The summed E-state index contributed by atoms with van der Waals surface area (Å²) in [6.45, 7) is 0. The van der Waals surface area contributed by atoms with Crippen LogP contribution in [0.1, 0.15) is 0 Å². The number of para-hydroxylation sites is 4. The smallest absolute Gasteiger partial charge is 0.0971 e. The Bertz CT molecular complexity index is 3190. The Morgan fingerprint density at radius 1 is 0.268 bits per heavy atom. The van der Waals surface area contributed by atoms with E-state index >= 15 is 0 Å². The fourth-order valence-electron chi connectivity index (χ4n) is 9.09. The van der Waals surface area contributed by atoms with Crippen molar-refractivity contribution in [3.8, 4) is 33.6 Å². The topological polar surface area (TPSA) is 35.6 Å². The van der Waals surface area contributed by atoms with Crippen LogP contribution in [0.15, 0.2) is 194 Å². The number of fused-ring (bicyclic) bond motifs is 12. The van der Waals surface area contributed by atoms with E-state index in [9.17, 15) is 0 Å². The minimum absolute atomic E-state index is 0.909. The predicted octanol–water partition coefficient (Wildman–Crippen LogP) is 13.5. The SMILES string of the molecule is c1cc(-c2ccc3c4ccc(-c5cccc(-n6c7ccccc7c7ccccc76)c5)cc4c4nccnc4c3c2)cc(-n2c3ccccc3c3ccccc32)c1. The first kappa shape index (κ1) is 30.9. The summed E-state index contributed by atoms with van der Waals surface area (Å²) in [6, 6.07) is 66.0. The molecule has 0 unspecified atom stereocenters. The fraction of sp³-hybridized carbons (Fsp3) is 0. The van der Waals surface area contributed by atoms with Gasteiger partial charge in [-0.25, -0.2) is 0 Å². The summed E-state index contributed by atoms with van der Waals surface area (Å²) in [6.07, 6.45) is 3.62. The summed E-state index contributed by atoms with van der Waals surface area (Å²) in [7, 11) is 0. The number of nitrogens with zero attached hydrogens (tertiary/aromatic N) is 4. The summed E-state index contributed by atoms with van der Waals surface area (Å²) >= 11 is 0. The minimum Gasteiger partial charge on any atom is -0.309 e. The molecule has 0 spiro atoms. The molecule has 0 saturated heterocycles. The van der Waals surface area contributed by atoms with Crippen molar-refractivity contribution in [1.29, 1.82) is 0 Å². The normalized spacial score (nSPS) is 11.9. The minimum atomic E-state index is 0.909. The largest absolute Gasteiger partial charge is 0.309 e. The maximum Gasteiger partial charge on any atom is 0.0971 e. The second kappa shape index (κ2) is 12.0. The van der Waals surface area contributed by atoms with Crippen molar-refractivity contribution in [2.24, 2.45) is 0 Å². The van der Waals surface area contributed by atoms with Crippen LogP contribution in [0.4, 0.5) is 0 Å². The third-order valence-corrected chi connectivity index (χ3v) is 11.6. The van der Waals surface area contributed by atoms with Crippen LogP contribution in [0.25, 0.3) is 110 Å². The van der Waals surface area contributed by atoms with Crippen LogP contribution in [-0.4, -0.2) is 19.1 Å². The second-order valence-electron chi connectivity index (χ2n) is 14.6. The van der Waals surface area contributed by atoms with Crippen LogP contribution in [0.3, 0.4) is 0 Å². The highest BCUT2D eigenvalue weighted by Crippen LogP contribution is 2.39. The van der Waals surface area contributed by atoms with Gasteiger partial charge in [0.2, 0.25) is 0 Å². The van der Waals surface area contributed by atoms with Gasteiger partial charge >= 0.3 is 0 Å². The number of benzene rings is 9. The Labute approximate surface area is 322 Å². The lowest BCUT2D eigenvalue weighted by molar-refractivity contribution is 1.18. The zero-order valence-corrected chi connectivity index (χ0v) is 30.3. The molecule has 0 aliphatic rings.